The second-order valence-corrected chi connectivity index (χ2v) is 9.61. The summed E-state index contributed by atoms with van der Waals surface area (Å²) in [5.74, 6) is -0.292. The Bertz CT molecular complexity index is 1100. The Morgan fingerprint density at radius 1 is 1.03 bits per heavy atom. The Morgan fingerprint density at radius 2 is 1.61 bits per heavy atom. The highest BCUT2D eigenvalue weighted by Crippen LogP contribution is 2.39. The van der Waals surface area contributed by atoms with E-state index in [4.69, 9.17) is 9.47 Å². The molecule has 0 aromatic heterocycles. The molecule has 2 heterocycles. The van der Waals surface area contributed by atoms with Crippen LogP contribution in [0.25, 0.3) is 0 Å². The molecule has 8 nitrogen and oxygen atoms in total. The van der Waals surface area contributed by atoms with Crippen molar-refractivity contribution in [2.75, 3.05) is 33.4 Å². The highest BCUT2D eigenvalue weighted by molar-refractivity contribution is 5.98. The van der Waals surface area contributed by atoms with Gasteiger partial charge in [0.15, 0.2) is 0 Å². The van der Waals surface area contributed by atoms with E-state index < -0.39 is 17.6 Å². The van der Waals surface area contributed by atoms with Crippen LogP contribution in [0.5, 0.6) is 5.75 Å². The van der Waals surface area contributed by atoms with Gasteiger partial charge in [-0.1, -0.05) is 13.8 Å². The number of piperidine rings is 1. The Hall–Kier alpha value is -3.46. The van der Waals surface area contributed by atoms with Gasteiger partial charge in [0.1, 0.15) is 23.3 Å². The number of nitrogens with zero attached hydrogens (tertiary/aromatic N) is 2. The number of methoxy groups -OCH3 is 1. The first kappa shape index (κ1) is 25.6. The number of carbonyl (C=O) groups is 3. The number of nitrogens with one attached hydrogen (secondary N) is 1. The van der Waals surface area contributed by atoms with Crippen molar-refractivity contribution in [3.63, 3.8) is 0 Å². The van der Waals surface area contributed by atoms with Crippen LogP contribution >= 0.6 is 0 Å². The Kier molecular flexibility index (Phi) is 7.59. The average molecular weight is 498 g/mol. The van der Waals surface area contributed by atoms with E-state index in [1.54, 1.807) is 41.2 Å². The van der Waals surface area contributed by atoms with Crippen LogP contribution in [0.3, 0.4) is 0 Å². The molecule has 2 saturated heterocycles. The summed E-state index contributed by atoms with van der Waals surface area (Å²) in [4.78, 5) is 43.0. The van der Waals surface area contributed by atoms with Crippen molar-refractivity contribution < 1.29 is 28.2 Å². The van der Waals surface area contributed by atoms with Crippen LogP contribution in [-0.4, -0.2) is 72.6 Å². The first-order valence-electron chi connectivity index (χ1n) is 12.2. The van der Waals surface area contributed by atoms with Gasteiger partial charge in [-0.2, -0.15) is 0 Å². The number of rotatable bonds is 6. The third kappa shape index (κ3) is 5.21. The van der Waals surface area contributed by atoms with Crippen LogP contribution in [0.2, 0.25) is 0 Å². The van der Waals surface area contributed by atoms with Crippen LogP contribution in [-0.2, 0) is 9.53 Å². The van der Waals surface area contributed by atoms with Crippen molar-refractivity contribution in [3.8, 4) is 5.75 Å². The molecule has 2 aromatic carbocycles. The van der Waals surface area contributed by atoms with Crippen molar-refractivity contribution in [2.45, 2.75) is 38.5 Å². The molecule has 0 radical (unpaired) electrons. The molecule has 1 atom stereocenters. The lowest BCUT2D eigenvalue weighted by molar-refractivity contribution is -0.128. The fourth-order valence-corrected chi connectivity index (χ4v) is 4.70. The largest absolute Gasteiger partial charge is 0.497 e. The van der Waals surface area contributed by atoms with Gasteiger partial charge < -0.3 is 19.7 Å². The molecule has 1 spiro atoms. The maximum atomic E-state index is 13.8. The zero-order valence-electron chi connectivity index (χ0n) is 20.8. The Morgan fingerprint density at radius 3 is 2.19 bits per heavy atom. The molecule has 36 heavy (non-hydrogen) atoms. The normalized spacial score (nSPS) is 19.0. The molecule has 3 amide bonds. The van der Waals surface area contributed by atoms with Crippen LogP contribution < -0.4 is 10.1 Å². The predicted molar refractivity (Wildman–Crippen MR) is 131 cm³/mol. The van der Waals surface area contributed by atoms with E-state index in [9.17, 15) is 18.8 Å². The molecule has 0 bridgehead atoms. The van der Waals surface area contributed by atoms with Crippen LogP contribution in [0.4, 0.5) is 4.39 Å². The summed E-state index contributed by atoms with van der Waals surface area (Å²) >= 11 is 0. The van der Waals surface area contributed by atoms with Crippen LogP contribution in [0.15, 0.2) is 48.5 Å². The lowest BCUT2D eigenvalue weighted by Crippen LogP contribution is -2.60. The third-order valence-corrected chi connectivity index (χ3v) is 6.73. The van der Waals surface area contributed by atoms with E-state index in [1.807, 2.05) is 13.8 Å². The average Bonchev–Trinajstić information content (AvgIpc) is 3.25. The Balaban J connectivity index is 1.56. The van der Waals surface area contributed by atoms with E-state index in [0.717, 1.165) is 0 Å². The summed E-state index contributed by atoms with van der Waals surface area (Å²) < 4.78 is 24.7. The summed E-state index contributed by atoms with van der Waals surface area (Å²) in [6, 6.07) is 11.4. The smallest absolute Gasteiger partial charge is 0.256 e. The van der Waals surface area contributed by atoms with Crippen molar-refractivity contribution in [3.05, 3.63) is 65.5 Å². The fourth-order valence-electron chi connectivity index (χ4n) is 4.70. The lowest BCUT2D eigenvalue weighted by atomic mass is 9.96. The van der Waals surface area contributed by atoms with E-state index in [-0.39, 0.29) is 30.2 Å². The second kappa shape index (κ2) is 10.7. The first-order valence-corrected chi connectivity index (χ1v) is 12.2. The van der Waals surface area contributed by atoms with Crippen molar-refractivity contribution in [1.82, 2.24) is 15.1 Å². The second-order valence-electron chi connectivity index (χ2n) is 9.61. The molecular formula is C27H32FN3O5. The molecule has 0 aliphatic carbocycles. The van der Waals surface area contributed by atoms with E-state index in [1.165, 1.54) is 24.3 Å². The molecular weight excluding hydrogens is 465 g/mol. The topological polar surface area (TPSA) is 88.2 Å². The minimum atomic E-state index is -1.00. The van der Waals surface area contributed by atoms with Crippen molar-refractivity contribution >= 4 is 17.7 Å². The molecule has 4 rings (SSSR count). The highest BCUT2D eigenvalue weighted by atomic mass is 19.1. The highest BCUT2D eigenvalue weighted by Gasteiger charge is 2.54. The van der Waals surface area contributed by atoms with Crippen molar-refractivity contribution in [1.29, 1.82) is 0 Å². The van der Waals surface area contributed by atoms with Gasteiger partial charge in [0.2, 0.25) is 5.91 Å². The minimum Gasteiger partial charge on any atom is -0.497 e. The minimum absolute atomic E-state index is 0.0811. The molecule has 2 aliphatic rings. The lowest BCUT2D eigenvalue weighted by Gasteiger charge is -2.44. The molecule has 2 fully saturated rings. The van der Waals surface area contributed by atoms with Crippen LogP contribution in [0.1, 0.15) is 47.4 Å². The maximum Gasteiger partial charge on any atom is 0.256 e. The predicted octanol–water partition coefficient (Wildman–Crippen LogP) is 3.08. The number of hydrogen-bond acceptors (Lipinski definition) is 5. The zero-order chi connectivity index (χ0) is 25.9. The SMILES string of the molecule is COc1ccc(C(=O)N2[C@@H](C(=O)NCC(C)C)COC23CCN(C(=O)c2ccc(F)cc2)CC3)cc1. The monoisotopic (exact) mass is 497 g/mol. The molecule has 0 unspecified atom stereocenters. The number of ether oxygens (including phenoxy) is 2. The summed E-state index contributed by atoms with van der Waals surface area (Å²) in [5, 5.41) is 2.93. The molecule has 192 valence electrons. The van der Waals surface area contributed by atoms with Gasteiger partial charge in [-0.3, -0.25) is 19.3 Å². The molecule has 1 N–H and O–H groups in total. The summed E-state index contributed by atoms with van der Waals surface area (Å²) in [7, 11) is 1.55. The van der Waals surface area contributed by atoms with Gasteiger partial charge in [-0.05, 0) is 54.4 Å². The fraction of sp³-hybridized carbons (Fsp3) is 0.444. The van der Waals surface area contributed by atoms with E-state index >= 15 is 0 Å². The molecule has 9 heteroatoms. The van der Waals surface area contributed by atoms with E-state index in [0.29, 0.717) is 49.4 Å². The van der Waals surface area contributed by atoms with Crippen LogP contribution in [0, 0.1) is 11.7 Å². The number of hydrogen-bond donors (Lipinski definition) is 1. The number of benzene rings is 2. The first-order chi connectivity index (χ1) is 17.2. The number of halogens is 1. The number of amides is 3. The Labute approximate surface area is 210 Å². The quantitative estimate of drug-likeness (QED) is 0.663. The van der Waals surface area contributed by atoms with Gasteiger partial charge in [0.05, 0.1) is 13.7 Å². The number of likely N-dealkylation sites (tertiary alicyclic amines) is 1. The number of carbonyl (C=O) groups excluding carboxylic acids is 3. The molecule has 2 aromatic rings. The van der Waals surface area contributed by atoms with Gasteiger partial charge >= 0.3 is 0 Å². The van der Waals surface area contributed by atoms with Gasteiger partial charge in [-0.15, -0.1) is 0 Å². The van der Waals surface area contributed by atoms with Crippen molar-refractivity contribution in [2.24, 2.45) is 5.92 Å². The summed E-state index contributed by atoms with van der Waals surface area (Å²) in [5.41, 5.74) is -0.180. The van der Waals surface area contributed by atoms with Gasteiger partial charge in [0.25, 0.3) is 11.8 Å². The maximum absolute atomic E-state index is 13.8. The third-order valence-electron chi connectivity index (χ3n) is 6.73. The summed E-state index contributed by atoms with van der Waals surface area (Å²) in [6.07, 6.45) is 0.714. The standard InChI is InChI=1S/C27H32FN3O5/c1-18(2)16-29-24(32)23-17-36-27(31(23)26(34)20-6-10-22(35-3)11-7-20)12-14-30(15-13-27)25(33)19-4-8-21(28)9-5-19/h4-11,18,23H,12-17H2,1-3H3,(H,29,32)/t23-/m1/s1. The zero-order valence-corrected chi connectivity index (χ0v) is 20.8. The van der Waals surface area contributed by atoms with E-state index in [2.05, 4.69) is 5.32 Å². The summed E-state index contributed by atoms with van der Waals surface area (Å²) in [6.45, 7) is 5.25. The van der Waals surface area contributed by atoms with Gasteiger partial charge in [0, 0.05) is 43.6 Å². The molecule has 2 aliphatic heterocycles. The van der Waals surface area contributed by atoms with Gasteiger partial charge in [-0.25, -0.2) is 4.39 Å². The molecule has 0 saturated carbocycles.